The lowest BCUT2D eigenvalue weighted by molar-refractivity contribution is -0.120. The van der Waals surface area contributed by atoms with E-state index in [2.05, 4.69) is 22.7 Å². The first kappa shape index (κ1) is 15.3. The average molecular weight is 303 g/mol. The first-order valence-electron chi connectivity index (χ1n) is 6.37. The molecule has 22 heavy (non-hydrogen) atoms. The lowest BCUT2D eigenvalue weighted by Crippen LogP contribution is -2.42. The Hall–Kier alpha value is -3.09. The third-order valence-corrected chi connectivity index (χ3v) is 2.69. The number of hydrazine groups is 1. The molecule has 2 aromatic rings. The van der Waals surface area contributed by atoms with Gasteiger partial charge in [0, 0.05) is 5.56 Å². The molecule has 0 aliphatic heterocycles. The summed E-state index contributed by atoms with van der Waals surface area (Å²) in [5.74, 6) is -0.895. The number of furan rings is 1. The van der Waals surface area contributed by atoms with Gasteiger partial charge >= 0.3 is 0 Å². The Morgan fingerprint density at radius 3 is 2.50 bits per heavy atom. The molecule has 6 nitrogen and oxygen atoms in total. The molecule has 0 bridgehead atoms. The Bertz CT molecular complexity index is 666. The fourth-order valence-corrected chi connectivity index (χ4v) is 1.57. The van der Waals surface area contributed by atoms with E-state index in [-0.39, 0.29) is 12.1 Å². The Morgan fingerprint density at radius 1 is 1.14 bits per heavy atom. The van der Waals surface area contributed by atoms with Gasteiger partial charge in [0.25, 0.3) is 11.8 Å². The van der Waals surface area contributed by atoms with Crippen molar-refractivity contribution in [1.82, 2.24) is 16.2 Å². The molecule has 7 heteroatoms. The van der Waals surface area contributed by atoms with Crippen molar-refractivity contribution in [3.05, 3.63) is 66.4 Å². The fraction of sp³-hybridized carbons (Fsp3) is 0.0667. The molecular weight excluding hydrogens is 289 g/mol. The minimum atomic E-state index is -0.472. The summed E-state index contributed by atoms with van der Waals surface area (Å²) in [6.07, 6.45) is 1.48. The molecule has 0 fully saturated rings. The fourth-order valence-electron chi connectivity index (χ4n) is 1.57. The number of hydrogen-bond acceptors (Lipinski definition) is 4. The monoisotopic (exact) mass is 303 g/mol. The van der Waals surface area contributed by atoms with Gasteiger partial charge in [-0.05, 0) is 36.4 Å². The van der Waals surface area contributed by atoms with Crippen LogP contribution in [-0.4, -0.2) is 18.4 Å². The standard InChI is InChI=1S/C15H14FN3O3/c1-10(13-3-2-8-22-13)18-19-14(20)9-17-15(21)11-4-6-12(16)7-5-11/h2-8,18H,1,9H2,(H,17,21)(H,19,20). The number of carbonyl (C=O) groups is 2. The van der Waals surface area contributed by atoms with E-state index in [0.29, 0.717) is 11.5 Å². The highest BCUT2D eigenvalue weighted by Crippen LogP contribution is 2.07. The second kappa shape index (κ2) is 7.07. The minimum absolute atomic E-state index is 0.241. The SMILES string of the molecule is C=C(NNC(=O)CNC(=O)c1ccc(F)cc1)c1ccco1. The third kappa shape index (κ3) is 4.20. The second-order valence-corrected chi connectivity index (χ2v) is 4.32. The average Bonchev–Trinajstić information content (AvgIpc) is 3.05. The summed E-state index contributed by atoms with van der Waals surface area (Å²) in [7, 11) is 0. The van der Waals surface area contributed by atoms with E-state index in [0.717, 1.165) is 0 Å². The van der Waals surface area contributed by atoms with Crippen LogP contribution in [0.3, 0.4) is 0 Å². The van der Waals surface area contributed by atoms with Crippen LogP contribution in [0.5, 0.6) is 0 Å². The second-order valence-electron chi connectivity index (χ2n) is 4.32. The third-order valence-electron chi connectivity index (χ3n) is 2.69. The molecule has 0 unspecified atom stereocenters. The highest BCUT2D eigenvalue weighted by molar-refractivity contribution is 5.96. The summed E-state index contributed by atoms with van der Waals surface area (Å²) in [5.41, 5.74) is 5.57. The van der Waals surface area contributed by atoms with Gasteiger partial charge in [-0.15, -0.1) is 0 Å². The summed E-state index contributed by atoms with van der Waals surface area (Å²) in [6, 6.07) is 8.37. The number of amides is 2. The number of benzene rings is 1. The van der Waals surface area contributed by atoms with Gasteiger partial charge < -0.3 is 9.73 Å². The van der Waals surface area contributed by atoms with E-state index >= 15 is 0 Å². The van der Waals surface area contributed by atoms with Crippen molar-refractivity contribution in [3.8, 4) is 0 Å². The molecule has 0 aliphatic rings. The van der Waals surface area contributed by atoms with Gasteiger partial charge in [0.15, 0.2) is 5.76 Å². The molecule has 114 valence electrons. The predicted molar refractivity (Wildman–Crippen MR) is 77.8 cm³/mol. The Balaban J connectivity index is 1.74. The van der Waals surface area contributed by atoms with E-state index in [1.807, 2.05) is 0 Å². The zero-order chi connectivity index (χ0) is 15.9. The van der Waals surface area contributed by atoms with Gasteiger partial charge in [-0.2, -0.15) is 0 Å². The van der Waals surface area contributed by atoms with Crippen molar-refractivity contribution < 1.29 is 18.4 Å². The van der Waals surface area contributed by atoms with Gasteiger partial charge in [0.1, 0.15) is 5.82 Å². The van der Waals surface area contributed by atoms with Crippen LogP contribution in [0, 0.1) is 5.82 Å². The zero-order valence-corrected chi connectivity index (χ0v) is 11.6. The normalized spacial score (nSPS) is 9.86. The van der Waals surface area contributed by atoms with Crippen molar-refractivity contribution in [2.45, 2.75) is 0 Å². The smallest absolute Gasteiger partial charge is 0.257 e. The van der Waals surface area contributed by atoms with E-state index < -0.39 is 17.6 Å². The van der Waals surface area contributed by atoms with Crippen LogP contribution < -0.4 is 16.2 Å². The Labute approximate surface area is 126 Å². The van der Waals surface area contributed by atoms with E-state index in [9.17, 15) is 14.0 Å². The van der Waals surface area contributed by atoms with Crippen molar-refractivity contribution in [3.63, 3.8) is 0 Å². The number of rotatable bonds is 6. The lowest BCUT2D eigenvalue weighted by atomic mass is 10.2. The summed E-state index contributed by atoms with van der Waals surface area (Å²) in [6.45, 7) is 3.44. The van der Waals surface area contributed by atoms with E-state index in [1.54, 1.807) is 12.1 Å². The summed E-state index contributed by atoms with van der Waals surface area (Å²) in [4.78, 5) is 23.3. The topological polar surface area (TPSA) is 83.4 Å². The highest BCUT2D eigenvalue weighted by Gasteiger charge is 2.08. The first-order chi connectivity index (χ1) is 10.6. The maximum absolute atomic E-state index is 12.7. The molecule has 0 saturated heterocycles. The molecule has 3 N–H and O–H groups in total. The summed E-state index contributed by atoms with van der Waals surface area (Å²) in [5, 5.41) is 2.41. The van der Waals surface area contributed by atoms with Crippen LogP contribution in [0.4, 0.5) is 4.39 Å². The van der Waals surface area contributed by atoms with Gasteiger partial charge in [-0.3, -0.25) is 20.4 Å². The molecule has 2 rings (SSSR count). The number of nitrogens with one attached hydrogen (secondary N) is 3. The number of halogens is 1. The van der Waals surface area contributed by atoms with Crippen molar-refractivity contribution in [2.24, 2.45) is 0 Å². The molecule has 0 atom stereocenters. The maximum atomic E-state index is 12.7. The molecule has 0 radical (unpaired) electrons. The van der Waals surface area contributed by atoms with Crippen molar-refractivity contribution >= 4 is 17.5 Å². The molecule has 1 aromatic carbocycles. The summed E-state index contributed by atoms with van der Waals surface area (Å²) >= 11 is 0. The minimum Gasteiger partial charge on any atom is -0.463 e. The Morgan fingerprint density at radius 2 is 1.86 bits per heavy atom. The molecule has 1 heterocycles. The van der Waals surface area contributed by atoms with Crippen LogP contribution in [-0.2, 0) is 4.79 Å². The highest BCUT2D eigenvalue weighted by atomic mass is 19.1. The Kier molecular flexibility index (Phi) is 4.92. The molecule has 0 aliphatic carbocycles. The molecule has 1 aromatic heterocycles. The zero-order valence-electron chi connectivity index (χ0n) is 11.6. The van der Waals surface area contributed by atoms with Crippen molar-refractivity contribution in [2.75, 3.05) is 6.54 Å². The van der Waals surface area contributed by atoms with Gasteiger partial charge in [-0.1, -0.05) is 6.58 Å². The van der Waals surface area contributed by atoms with Crippen LogP contribution in [0.25, 0.3) is 5.70 Å². The van der Waals surface area contributed by atoms with Gasteiger partial charge in [-0.25, -0.2) is 4.39 Å². The predicted octanol–water partition coefficient (Wildman–Crippen LogP) is 1.44. The molecule has 2 amide bonds. The molecule has 0 saturated carbocycles. The number of carbonyl (C=O) groups excluding carboxylic acids is 2. The van der Waals surface area contributed by atoms with E-state index in [4.69, 9.17) is 4.42 Å². The van der Waals surface area contributed by atoms with Gasteiger partial charge in [0.05, 0.1) is 18.5 Å². The van der Waals surface area contributed by atoms with Crippen LogP contribution >= 0.6 is 0 Å². The number of hydrogen-bond donors (Lipinski definition) is 3. The lowest BCUT2D eigenvalue weighted by Gasteiger charge is -2.10. The van der Waals surface area contributed by atoms with Crippen LogP contribution in [0.1, 0.15) is 16.1 Å². The van der Waals surface area contributed by atoms with Crippen LogP contribution in [0.2, 0.25) is 0 Å². The first-order valence-corrected chi connectivity index (χ1v) is 6.37. The van der Waals surface area contributed by atoms with Gasteiger partial charge in [0.2, 0.25) is 0 Å². The molecule has 0 spiro atoms. The molecular formula is C15H14FN3O3. The quantitative estimate of drug-likeness (QED) is 0.705. The maximum Gasteiger partial charge on any atom is 0.257 e. The van der Waals surface area contributed by atoms with E-state index in [1.165, 1.54) is 30.5 Å². The summed E-state index contributed by atoms with van der Waals surface area (Å²) < 4.78 is 17.8. The van der Waals surface area contributed by atoms with Crippen molar-refractivity contribution in [1.29, 1.82) is 0 Å². The van der Waals surface area contributed by atoms with Crippen LogP contribution in [0.15, 0.2) is 53.7 Å². The largest absolute Gasteiger partial charge is 0.463 e.